The lowest BCUT2D eigenvalue weighted by Gasteiger charge is -2.14. The van der Waals surface area contributed by atoms with Crippen molar-refractivity contribution in [1.29, 1.82) is 0 Å². The summed E-state index contributed by atoms with van der Waals surface area (Å²) < 4.78 is 4.89. The molecule has 0 bridgehead atoms. The predicted octanol–water partition coefficient (Wildman–Crippen LogP) is -0.386. The van der Waals surface area contributed by atoms with Crippen molar-refractivity contribution in [3.8, 4) is 12.3 Å². The van der Waals surface area contributed by atoms with E-state index in [2.05, 4.69) is 11.2 Å². The molecule has 2 atom stereocenters. The number of rotatable bonds is 5. The number of hydrogen-bond donors (Lipinski definition) is 2. The largest absolute Gasteiger partial charge is 0.479 e. The summed E-state index contributed by atoms with van der Waals surface area (Å²) >= 11 is 0. The third-order valence-electron chi connectivity index (χ3n) is 1.49. The second-order valence-electron chi connectivity index (χ2n) is 2.68. The fraction of sp³-hybridized carbons (Fsp3) is 0.556. The van der Waals surface area contributed by atoms with E-state index in [9.17, 15) is 9.59 Å². The van der Waals surface area contributed by atoms with E-state index in [4.69, 9.17) is 16.3 Å². The van der Waals surface area contributed by atoms with Gasteiger partial charge in [-0.2, -0.15) is 0 Å². The van der Waals surface area contributed by atoms with Gasteiger partial charge in [-0.15, -0.1) is 6.42 Å². The second-order valence-corrected chi connectivity index (χ2v) is 2.68. The van der Waals surface area contributed by atoms with E-state index in [0.29, 0.717) is 0 Å². The Morgan fingerprint density at radius 1 is 1.50 bits per heavy atom. The minimum absolute atomic E-state index is 0.105. The molecule has 14 heavy (non-hydrogen) atoms. The van der Waals surface area contributed by atoms with E-state index < -0.39 is 24.1 Å². The first-order chi connectivity index (χ1) is 6.49. The molecule has 1 unspecified atom stereocenters. The number of carbonyl (C=O) groups is 2. The van der Waals surface area contributed by atoms with Crippen LogP contribution in [0.3, 0.4) is 0 Å². The lowest BCUT2D eigenvalue weighted by molar-refractivity contribution is -0.155. The van der Waals surface area contributed by atoms with E-state index in [1.54, 1.807) is 0 Å². The molecule has 0 spiro atoms. The van der Waals surface area contributed by atoms with Gasteiger partial charge in [0.1, 0.15) is 6.10 Å². The van der Waals surface area contributed by atoms with Crippen molar-refractivity contribution in [2.45, 2.75) is 26.1 Å². The van der Waals surface area contributed by atoms with E-state index in [-0.39, 0.29) is 6.54 Å². The maximum atomic E-state index is 11.1. The lowest BCUT2D eigenvalue weighted by Crippen LogP contribution is -2.38. The van der Waals surface area contributed by atoms with Crippen LogP contribution in [-0.4, -0.2) is 35.7 Å². The zero-order valence-corrected chi connectivity index (χ0v) is 8.11. The van der Waals surface area contributed by atoms with E-state index in [0.717, 1.165) is 0 Å². The van der Waals surface area contributed by atoms with Gasteiger partial charge < -0.3 is 15.2 Å². The van der Waals surface area contributed by atoms with E-state index in [1.807, 2.05) is 0 Å². The molecule has 0 saturated heterocycles. The second kappa shape index (κ2) is 6.00. The third kappa shape index (κ3) is 4.48. The average molecular weight is 199 g/mol. The van der Waals surface area contributed by atoms with Crippen LogP contribution in [-0.2, 0) is 14.3 Å². The molecular formula is C9H13NO4. The first-order valence-electron chi connectivity index (χ1n) is 4.08. The first-order valence-corrected chi connectivity index (χ1v) is 4.08. The minimum Gasteiger partial charge on any atom is -0.479 e. The third-order valence-corrected chi connectivity index (χ3v) is 1.49. The fourth-order valence-corrected chi connectivity index (χ4v) is 0.708. The van der Waals surface area contributed by atoms with Crippen molar-refractivity contribution in [1.82, 2.24) is 5.32 Å². The van der Waals surface area contributed by atoms with Crippen molar-refractivity contribution in [3.05, 3.63) is 0 Å². The highest BCUT2D eigenvalue weighted by Gasteiger charge is 2.19. The summed E-state index contributed by atoms with van der Waals surface area (Å²) in [6.45, 7) is 2.92. The maximum absolute atomic E-state index is 11.1. The summed E-state index contributed by atoms with van der Waals surface area (Å²) in [5, 5.41) is 10.9. The minimum atomic E-state index is -1.11. The Kier molecular flexibility index (Phi) is 5.34. The van der Waals surface area contributed by atoms with Gasteiger partial charge in [0.25, 0.3) is 0 Å². The molecule has 0 saturated carbocycles. The van der Waals surface area contributed by atoms with Crippen LogP contribution in [0.4, 0.5) is 0 Å². The molecule has 0 aliphatic carbocycles. The number of nitrogens with one attached hydrogen (secondary N) is 1. The van der Waals surface area contributed by atoms with Gasteiger partial charge in [0.15, 0.2) is 6.10 Å². The van der Waals surface area contributed by atoms with Crippen LogP contribution in [0.5, 0.6) is 0 Å². The van der Waals surface area contributed by atoms with Gasteiger partial charge in [-0.05, 0) is 13.8 Å². The number of hydrogen-bond acceptors (Lipinski definition) is 3. The monoisotopic (exact) mass is 199 g/mol. The quantitative estimate of drug-likeness (QED) is 0.591. The Morgan fingerprint density at radius 2 is 2.07 bits per heavy atom. The van der Waals surface area contributed by atoms with E-state index >= 15 is 0 Å². The fourth-order valence-electron chi connectivity index (χ4n) is 0.708. The van der Waals surface area contributed by atoms with Gasteiger partial charge in [-0.25, -0.2) is 4.79 Å². The van der Waals surface area contributed by atoms with Gasteiger partial charge in [0.05, 0.1) is 6.54 Å². The summed E-state index contributed by atoms with van der Waals surface area (Å²) in [5.41, 5.74) is 0. The van der Waals surface area contributed by atoms with Crippen LogP contribution in [0.1, 0.15) is 13.8 Å². The Bertz CT molecular complexity index is 256. The van der Waals surface area contributed by atoms with Gasteiger partial charge in [0.2, 0.25) is 5.91 Å². The average Bonchev–Trinajstić information content (AvgIpc) is 2.13. The molecule has 5 heteroatoms. The van der Waals surface area contributed by atoms with Crippen LogP contribution in [0, 0.1) is 12.3 Å². The number of aliphatic carboxylic acids is 1. The maximum Gasteiger partial charge on any atom is 0.332 e. The van der Waals surface area contributed by atoms with Crippen LogP contribution >= 0.6 is 0 Å². The summed E-state index contributed by atoms with van der Waals surface area (Å²) in [5.74, 6) is 0.696. The number of amides is 1. The molecule has 5 nitrogen and oxygen atoms in total. The zero-order chi connectivity index (χ0) is 11.1. The molecule has 78 valence electrons. The molecule has 0 aliphatic rings. The Morgan fingerprint density at radius 3 is 2.50 bits per heavy atom. The summed E-state index contributed by atoms with van der Waals surface area (Å²) in [7, 11) is 0. The van der Waals surface area contributed by atoms with Crippen molar-refractivity contribution >= 4 is 11.9 Å². The van der Waals surface area contributed by atoms with Gasteiger partial charge >= 0.3 is 5.97 Å². The van der Waals surface area contributed by atoms with Crippen LogP contribution in [0.25, 0.3) is 0 Å². The molecule has 1 amide bonds. The number of carboxylic acid groups (broad SMARTS) is 1. The highest BCUT2D eigenvalue weighted by Crippen LogP contribution is 1.98. The lowest BCUT2D eigenvalue weighted by atomic mass is 10.3. The first kappa shape index (κ1) is 12.5. The normalized spacial score (nSPS) is 13.8. The molecular weight excluding hydrogens is 186 g/mol. The molecule has 0 aromatic carbocycles. The molecule has 2 N–H and O–H groups in total. The van der Waals surface area contributed by atoms with E-state index in [1.165, 1.54) is 13.8 Å². The number of carbonyl (C=O) groups excluding carboxylic acids is 1. The smallest absolute Gasteiger partial charge is 0.332 e. The zero-order valence-electron chi connectivity index (χ0n) is 8.11. The molecule has 0 fully saturated rings. The van der Waals surface area contributed by atoms with Gasteiger partial charge in [0, 0.05) is 0 Å². The van der Waals surface area contributed by atoms with Gasteiger partial charge in [-0.3, -0.25) is 4.79 Å². The highest BCUT2D eigenvalue weighted by molar-refractivity contribution is 5.81. The van der Waals surface area contributed by atoms with Crippen LogP contribution < -0.4 is 5.32 Å². The Balaban J connectivity index is 3.96. The molecule has 0 aliphatic heterocycles. The SMILES string of the molecule is C#CCNC(=O)C(C)O[C@H](C)C(=O)O. The van der Waals surface area contributed by atoms with Crippen molar-refractivity contribution in [2.75, 3.05) is 6.54 Å². The predicted molar refractivity (Wildman–Crippen MR) is 49.5 cm³/mol. The standard InChI is InChI=1S/C9H13NO4/c1-4-5-10-8(11)6(2)14-7(3)9(12)13/h1,6-7H,5H2,2-3H3,(H,10,11)(H,12,13)/t6?,7-/m1/s1. The topological polar surface area (TPSA) is 75.6 Å². The molecule has 0 rings (SSSR count). The molecule has 0 heterocycles. The summed E-state index contributed by atoms with van der Waals surface area (Å²) in [6.07, 6.45) is 3.09. The van der Waals surface area contributed by atoms with Crippen molar-refractivity contribution in [3.63, 3.8) is 0 Å². The molecule has 0 aromatic rings. The number of ether oxygens (including phenoxy) is 1. The van der Waals surface area contributed by atoms with Crippen molar-refractivity contribution < 1.29 is 19.4 Å². The summed E-state index contributed by atoms with van der Waals surface area (Å²) in [4.78, 5) is 21.5. The highest BCUT2D eigenvalue weighted by atomic mass is 16.5. The van der Waals surface area contributed by atoms with Crippen LogP contribution in [0.2, 0.25) is 0 Å². The summed E-state index contributed by atoms with van der Waals surface area (Å²) in [6, 6.07) is 0. The Hall–Kier alpha value is -1.54. The molecule has 0 radical (unpaired) electrons. The Labute approximate surface area is 82.4 Å². The molecule has 0 aromatic heterocycles. The van der Waals surface area contributed by atoms with Crippen LogP contribution in [0.15, 0.2) is 0 Å². The van der Waals surface area contributed by atoms with Crippen molar-refractivity contribution in [2.24, 2.45) is 0 Å². The number of carboxylic acids is 1. The number of terminal acetylenes is 1. The van der Waals surface area contributed by atoms with Gasteiger partial charge in [-0.1, -0.05) is 5.92 Å².